The second-order valence-corrected chi connectivity index (χ2v) is 9.17. The number of amides is 3. The first kappa shape index (κ1) is 24.0. The molecule has 34 heavy (non-hydrogen) atoms. The van der Waals surface area contributed by atoms with Crippen molar-refractivity contribution in [1.29, 1.82) is 0 Å². The zero-order chi connectivity index (χ0) is 23.9. The summed E-state index contributed by atoms with van der Waals surface area (Å²) in [5.74, 6) is -1.36. The molecule has 6 nitrogen and oxygen atoms in total. The van der Waals surface area contributed by atoms with Gasteiger partial charge in [0.1, 0.15) is 0 Å². The number of carbonyl (C=O) groups is 2. The molecule has 0 spiro atoms. The Morgan fingerprint density at radius 1 is 1.03 bits per heavy atom. The van der Waals surface area contributed by atoms with E-state index in [2.05, 4.69) is 10.6 Å². The van der Waals surface area contributed by atoms with Crippen LogP contribution in [0.4, 0.5) is 19.3 Å². The highest BCUT2D eigenvalue weighted by atomic mass is 19.2. The van der Waals surface area contributed by atoms with Crippen LogP contribution in [-0.2, 0) is 4.79 Å². The van der Waals surface area contributed by atoms with Crippen molar-refractivity contribution in [2.24, 2.45) is 5.92 Å². The van der Waals surface area contributed by atoms with Crippen LogP contribution < -0.4 is 15.5 Å². The maximum atomic E-state index is 13.6. The van der Waals surface area contributed by atoms with Gasteiger partial charge in [-0.15, -0.1) is 0 Å². The summed E-state index contributed by atoms with van der Waals surface area (Å²) in [6.07, 6.45) is 4.36. The van der Waals surface area contributed by atoms with E-state index in [9.17, 15) is 18.4 Å². The van der Waals surface area contributed by atoms with Crippen molar-refractivity contribution in [2.45, 2.75) is 38.1 Å². The quantitative estimate of drug-likeness (QED) is 0.637. The Bertz CT molecular complexity index is 988. The third kappa shape index (κ3) is 6.24. The van der Waals surface area contributed by atoms with E-state index in [-0.39, 0.29) is 23.9 Å². The van der Waals surface area contributed by atoms with E-state index in [0.717, 1.165) is 43.9 Å². The summed E-state index contributed by atoms with van der Waals surface area (Å²) in [5, 5.41) is 6.02. The molecule has 0 radical (unpaired) electrons. The number of halogens is 2. The van der Waals surface area contributed by atoms with Gasteiger partial charge in [-0.1, -0.05) is 36.8 Å². The van der Waals surface area contributed by atoms with Gasteiger partial charge in [-0.3, -0.25) is 4.79 Å². The number of rotatable bonds is 7. The molecule has 2 fully saturated rings. The van der Waals surface area contributed by atoms with Gasteiger partial charge < -0.3 is 20.4 Å². The van der Waals surface area contributed by atoms with Gasteiger partial charge in [0.05, 0.1) is 6.04 Å². The number of benzene rings is 2. The summed E-state index contributed by atoms with van der Waals surface area (Å²) >= 11 is 0. The number of hydrogen-bond acceptors (Lipinski definition) is 3. The summed E-state index contributed by atoms with van der Waals surface area (Å²) in [6, 6.07) is 13.1. The Hall–Kier alpha value is -3.16. The maximum Gasteiger partial charge on any atom is 0.315 e. The number of carbonyl (C=O) groups excluding carboxylic acids is 2. The van der Waals surface area contributed by atoms with Crippen molar-refractivity contribution < 1.29 is 18.4 Å². The van der Waals surface area contributed by atoms with Crippen LogP contribution in [0.1, 0.15) is 43.7 Å². The number of hydrogen-bond donors (Lipinski definition) is 2. The second-order valence-electron chi connectivity index (χ2n) is 9.17. The Morgan fingerprint density at radius 3 is 2.65 bits per heavy atom. The van der Waals surface area contributed by atoms with E-state index in [1.54, 1.807) is 6.07 Å². The third-order valence-corrected chi connectivity index (χ3v) is 6.69. The standard InChI is InChI=1S/C26H32F2N4O2/c27-22-11-10-21(15-23(22)28)31-14-12-19(17-31)16-29-26(34)30-24(20-7-3-1-4-8-20)18-32-13-6-2-5-9-25(32)33/h1,3-4,7-8,10-11,15,19,24H,2,5-6,9,12-14,16-18H2,(H2,29,30,34). The summed E-state index contributed by atoms with van der Waals surface area (Å²) in [4.78, 5) is 29.1. The summed E-state index contributed by atoms with van der Waals surface area (Å²) in [7, 11) is 0. The van der Waals surface area contributed by atoms with E-state index in [4.69, 9.17) is 0 Å². The predicted molar refractivity (Wildman–Crippen MR) is 127 cm³/mol. The molecule has 3 amide bonds. The number of nitrogens with one attached hydrogen (secondary N) is 2. The molecule has 2 unspecified atom stereocenters. The minimum Gasteiger partial charge on any atom is -0.371 e. The highest BCUT2D eigenvalue weighted by molar-refractivity contribution is 5.77. The van der Waals surface area contributed by atoms with Crippen LogP contribution in [-0.4, -0.2) is 49.6 Å². The predicted octanol–water partition coefficient (Wildman–Crippen LogP) is 4.23. The molecule has 2 heterocycles. The van der Waals surface area contributed by atoms with Crippen LogP contribution in [0.2, 0.25) is 0 Å². The van der Waals surface area contributed by atoms with E-state index in [0.29, 0.717) is 38.3 Å². The Balaban J connectivity index is 1.32. The highest BCUT2D eigenvalue weighted by Crippen LogP contribution is 2.25. The molecular weight excluding hydrogens is 438 g/mol. The fraction of sp³-hybridized carbons (Fsp3) is 0.462. The Kier molecular flexibility index (Phi) is 7.98. The van der Waals surface area contributed by atoms with Crippen LogP contribution in [0.15, 0.2) is 48.5 Å². The van der Waals surface area contributed by atoms with Gasteiger partial charge in [0, 0.05) is 50.9 Å². The molecule has 2 aromatic carbocycles. The zero-order valence-corrected chi connectivity index (χ0v) is 19.3. The van der Waals surface area contributed by atoms with Gasteiger partial charge in [0.2, 0.25) is 5.91 Å². The molecule has 182 valence electrons. The first-order valence-electron chi connectivity index (χ1n) is 12.1. The normalized spacial score (nSPS) is 19.6. The lowest BCUT2D eigenvalue weighted by Crippen LogP contribution is -2.45. The molecule has 0 aliphatic carbocycles. The first-order valence-corrected chi connectivity index (χ1v) is 12.1. The molecule has 2 saturated heterocycles. The topological polar surface area (TPSA) is 64.7 Å². The number of anilines is 1. The first-order chi connectivity index (χ1) is 16.5. The molecule has 8 heteroatoms. The van der Waals surface area contributed by atoms with Crippen LogP contribution in [0.3, 0.4) is 0 Å². The third-order valence-electron chi connectivity index (χ3n) is 6.69. The largest absolute Gasteiger partial charge is 0.371 e. The molecule has 2 N–H and O–H groups in total. The minimum absolute atomic E-state index is 0.143. The average Bonchev–Trinajstić information content (AvgIpc) is 3.23. The second kappa shape index (κ2) is 11.3. The summed E-state index contributed by atoms with van der Waals surface area (Å²) in [6.45, 7) is 3.03. The fourth-order valence-corrected chi connectivity index (χ4v) is 4.73. The van der Waals surface area contributed by atoms with Crippen LogP contribution in [0, 0.1) is 17.6 Å². The van der Waals surface area contributed by atoms with Gasteiger partial charge in [0.15, 0.2) is 11.6 Å². The fourth-order valence-electron chi connectivity index (χ4n) is 4.73. The number of likely N-dealkylation sites (tertiary alicyclic amines) is 1. The summed E-state index contributed by atoms with van der Waals surface area (Å²) < 4.78 is 26.8. The van der Waals surface area contributed by atoms with E-state index >= 15 is 0 Å². The number of urea groups is 1. The highest BCUT2D eigenvalue weighted by Gasteiger charge is 2.26. The Morgan fingerprint density at radius 2 is 1.85 bits per heavy atom. The van der Waals surface area contributed by atoms with Gasteiger partial charge in [-0.25, -0.2) is 13.6 Å². The molecule has 4 rings (SSSR count). The molecule has 2 atom stereocenters. The molecule has 0 aromatic heterocycles. The van der Waals surface area contributed by atoms with Gasteiger partial charge in [-0.2, -0.15) is 0 Å². The van der Waals surface area contributed by atoms with E-state index < -0.39 is 11.6 Å². The summed E-state index contributed by atoms with van der Waals surface area (Å²) in [5.41, 5.74) is 1.61. The molecule has 2 aliphatic rings. The van der Waals surface area contributed by atoms with Crippen molar-refractivity contribution in [3.05, 3.63) is 65.7 Å². The van der Waals surface area contributed by atoms with Gasteiger partial charge >= 0.3 is 6.03 Å². The SMILES string of the molecule is O=C(NCC1CCN(c2ccc(F)c(F)c2)C1)NC(CN1CCCCCC1=O)c1ccccc1. The lowest BCUT2D eigenvalue weighted by molar-refractivity contribution is -0.131. The molecular formula is C26H32F2N4O2. The van der Waals surface area contributed by atoms with Crippen LogP contribution >= 0.6 is 0 Å². The van der Waals surface area contributed by atoms with Crippen molar-refractivity contribution in [2.75, 3.05) is 37.6 Å². The molecule has 0 saturated carbocycles. The van der Waals surface area contributed by atoms with Gasteiger partial charge in [-0.05, 0) is 42.9 Å². The molecule has 0 bridgehead atoms. The number of nitrogens with zero attached hydrogens (tertiary/aromatic N) is 2. The molecule has 2 aromatic rings. The van der Waals surface area contributed by atoms with E-state index in [1.165, 1.54) is 6.07 Å². The average molecular weight is 471 g/mol. The lowest BCUT2D eigenvalue weighted by atomic mass is 10.1. The van der Waals surface area contributed by atoms with Crippen LogP contribution in [0.25, 0.3) is 0 Å². The molecule has 2 aliphatic heterocycles. The Labute approximate surface area is 199 Å². The maximum absolute atomic E-state index is 13.6. The van der Waals surface area contributed by atoms with E-state index in [1.807, 2.05) is 40.1 Å². The van der Waals surface area contributed by atoms with Crippen LogP contribution in [0.5, 0.6) is 0 Å². The smallest absolute Gasteiger partial charge is 0.315 e. The zero-order valence-electron chi connectivity index (χ0n) is 19.3. The monoisotopic (exact) mass is 470 g/mol. The van der Waals surface area contributed by atoms with Gasteiger partial charge in [0.25, 0.3) is 0 Å². The minimum atomic E-state index is -0.854. The van der Waals surface area contributed by atoms with Crippen molar-refractivity contribution >= 4 is 17.6 Å². The van der Waals surface area contributed by atoms with Crippen molar-refractivity contribution in [1.82, 2.24) is 15.5 Å². The lowest BCUT2D eigenvalue weighted by Gasteiger charge is -2.28. The van der Waals surface area contributed by atoms with Crippen molar-refractivity contribution in [3.63, 3.8) is 0 Å². The van der Waals surface area contributed by atoms with Crippen molar-refractivity contribution in [3.8, 4) is 0 Å².